The highest BCUT2D eigenvalue weighted by Gasteiger charge is 2.23. The van der Waals surface area contributed by atoms with Gasteiger partial charge in [0.2, 0.25) is 0 Å². The highest BCUT2D eigenvalue weighted by atomic mass is 79.9. The number of aliphatic hydroxyl groups is 1. The van der Waals surface area contributed by atoms with Crippen LogP contribution in [0, 0.1) is 5.92 Å². The third kappa shape index (κ3) is 3.37. The van der Waals surface area contributed by atoms with Gasteiger partial charge in [-0.1, -0.05) is 28.1 Å². The highest BCUT2D eigenvalue weighted by molar-refractivity contribution is 9.10. The summed E-state index contributed by atoms with van der Waals surface area (Å²) in [6.45, 7) is 2.42. The zero-order valence-electron chi connectivity index (χ0n) is 9.60. The first-order valence-electron chi connectivity index (χ1n) is 5.81. The molecule has 0 unspecified atom stereocenters. The van der Waals surface area contributed by atoms with Crippen molar-refractivity contribution in [2.45, 2.75) is 6.42 Å². The number of rotatable bonds is 4. The number of hydrogen-bond donors (Lipinski definition) is 1. The standard InChI is InChI=1S/C13H16BrNO2/c14-12-3-1-11(2-4-12)13(17)8-15-6-5-10(7-15)9-16/h1-4,10,16H,5-9H2/t10-/m1/s1. The van der Waals surface area contributed by atoms with E-state index in [0.29, 0.717) is 12.5 Å². The van der Waals surface area contributed by atoms with Crippen LogP contribution >= 0.6 is 15.9 Å². The monoisotopic (exact) mass is 297 g/mol. The van der Waals surface area contributed by atoms with Crippen molar-refractivity contribution in [2.75, 3.05) is 26.2 Å². The molecule has 1 fully saturated rings. The van der Waals surface area contributed by atoms with Crippen LogP contribution in [0.25, 0.3) is 0 Å². The molecule has 1 aliphatic rings. The number of carbonyl (C=O) groups excluding carboxylic acids is 1. The van der Waals surface area contributed by atoms with E-state index >= 15 is 0 Å². The van der Waals surface area contributed by atoms with Crippen LogP contribution in [0.4, 0.5) is 0 Å². The Labute approximate surface area is 110 Å². The van der Waals surface area contributed by atoms with Gasteiger partial charge in [-0.05, 0) is 31.0 Å². The Morgan fingerprint density at radius 1 is 1.41 bits per heavy atom. The quantitative estimate of drug-likeness (QED) is 0.864. The molecule has 1 aromatic rings. The summed E-state index contributed by atoms with van der Waals surface area (Å²) in [5, 5.41) is 9.05. The second-order valence-corrected chi connectivity index (χ2v) is 5.42. The number of benzene rings is 1. The molecule has 0 spiro atoms. The average molecular weight is 298 g/mol. The van der Waals surface area contributed by atoms with Crippen LogP contribution < -0.4 is 0 Å². The fourth-order valence-corrected chi connectivity index (χ4v) is 2.40. The number of ketones is 1. The Hall–Kier alpha value is -0.710. The molecule has 1 aromatic carbocycles. The molecule has 2 rings (SSSR count). The molecule has 0 bridgehead atoms. The van der Waals surface area contributed by atoms with Crippen LogP contribution in [-0.4, -0.2) is 42.0 Å². The molecule has 0 aliphatic carbocycles. The van der Waals surface area contributed by atoms with Gasteiger partial charge in [-0.15, -0.1) is 0 Å². The Balaban J connectivity index is 1.91. The fourth-order valence-electron chi connectivity index (χ4n) is 2.14. The summed E-state index contributed by atoms with van der Waals surface area (Å²) < 4.78 is 0.982. The Bertz CT molecular complexity index is 391. The summed E-state index contributed by atoms with van der Waals surface area (Å²) in [5.41, 5.74) is 0.751. The molecule has 4 heteroatoms. The summed E-state index contributed by atoms with van der Waals surface area (Å²) in [5.74, 6) is 0.490. The molecule has 0 aromatic heterocycles. The van der Waals surface area contributed by atoms with Gasteiger partial charge >= 0.3 is 0 Å². The van der Waals surface area contributed by atoms with Crippen molar-refractivity contribution in [3.63, 3.8) is 0 Å². The van der Waals surface area contributed by atoms with Crippen molar-refractivity contribution in [3.05, 3.63) is 34.3 Å². The average Bonchev–Trinajstić information content (AvgIpc) is 2.77. The molecule has 92 valence electrons. The van der Waals surface area contributed by atoms with E-state index in [4.69, 9.17) is 5.11 Å². The SMILES string of the molecule is O=C(CN1CC[C@@H](CO)C1)c1ccc(Br)cc1. The normalized spacial score (nSPS) is 20.7. The van der Waals surface area contributed by atoms with Crippen molar-refractivity contribution < 1.29 is 9.90 Å². The smallest absolute Gasteiger partial charge is 0.176 e. The van der Waals surface area contributed by atoms with E-state index in [9.17, 15) is 4.79 Å². The summed E-state index contributed by atoms with van der Waals surface area (Å²) in [6, 6.07) is 7.44. The van der Waals surface area contributed by atoms with E-state index in [1.54, 1.807) is 0 Å². The van der Waals surface area contributed by atoms with Crippen molar-refractivity contribution in [2.24, 2.45) is 5.92 Å². The van der Waals surface area contributed by atoms with E-state index < -0.39 is 0 Å². The van der Waals surface area contributed by atoms with E-state index in [1.165, 1.54) is 0 Å². The third-order valence-electron chi connectivity index (χ3n) is 3.16. The fraction of sp³-hybridized carbons (Fsp3) is 0.462. The number of likely N-dealkylation sites (tertiary alicyclic amines) is 1. The first-order valence-corrected chi connectivity index (χ1v) is 6.60. The zero-order valence-corrected chi connectivity index (χ0v) is 11.2. The molecule has 1 saturated heterocycles. The van der Waals surface area contributed by atoms with E-state index in [0.717, 1.165) is 29.5 Å². The van der Waals surface area contributed by atoms with Gasteiger partial charge in [0, 0.05) is 23.2 Å². The van der Waals surface area contributed by atoms with E-state index in [-0.39, 0.29) is 12.4 Å². The molecule has 3 nitrogen and oxygen atoms in total. The highest BCUT2D eigenvalue weighted by Crippen LogP contribution is 2.16. The van der Waals surface area contributed by atoms with Gasteiger partial charge in [0.15, 0.2) is 5.78 Å². The minimum absolute atomic E-state index is 0.149. The molecular weight excluding hydrogens is 282 g/mol. The number of Topliss-reactive ketones (excluding diaryl/α,β-unsaturated/α-hetero) is 1. The number of aliphatic hydroxyl groups excluding tert-OH is 1. The lowest BCUT2D eigenvalue weighted by molar-refractivity contribution is 0.0940. The maximum absolute atomic E-state index is 12.0. The largest absolute Gasteiger partial charge is 0.396 e. The van der Waals surface area contributed by atoms with Crippen LogP contribution in [0.15, 0.2) is 28.7 Å². The molecule has 0 radical (unpaired) electrons. The van der Waals surface area contributed by atoms with Gasteiger partial charge in [0.25, 0.3) is 0 Å². The molecule has 0 saturated carbocycles. The van der Waals surface area contributed by atoms with Crippen molar-refractivity contribution in [1.29, 1.82) is 0 Å². The van der Waals surface area contributed by atoms with Gasteiger partial charge in [-0.25, -0.2) is 0 Å². The topological polar surface area (TPSA) is 40.5 Å². The van der Waals surface area contributed by atoms with Crippen molar-refractivity contribution in [3.8, 4) is 0 Å². The van der Waals surface area contributed by atoms with Gasteiger partial charge < -0.3 is 5.11 Å². The lowest BCUT2D eigenvalue weighted by Gasteiger charge is -2.14. The molecule has 0 amide bonds. The van der Waals surface area contributed by atoms with Gasteiger partial charge in [0.05, 0.1) is 6.54 Å². The third-order valence-corrected chi connectivity index (χ3v) is 3.69. The van der Waals surface area contributed by atoms with Crippen LogP contribution in [0.2, 0.25) is 0 Å². The Morgan fingerprint density at radius 3 is 2.71 bits per heavy atom. The number of nitrogens with zero attached hydrogens (tertiary/aromatic N) is 1. The molecule has 1 aliphatic heterocycles. The number of carbonyl (C=O) groups is 1. The minimum Gasteiger partial charge on any atom is -0.396 e. The van der Waals surface area contributed by atoms with Gasteiger partial charge in [-0.2, -0.15) is 0 Å². The maximum atomic E-state index is 12.0. The summed E-state index contributed by atoms with van der Waals surface area (Å²) >= 11 is 3.35. The lowest BCUT2D eigenvalue weighted by Crippen LogP contribution is -2.28. The van der Waals surface area contributed by atoms with Crippen LogP contribution in [0.5, 0.6) is 0 Å². The number of halogens is 1. The second-order valence-electron chi connectivity index (χ2n) is 4.50. The zero-order chi connectivity index (χ0) is 12.3. The lowest BCUT2D eigenvalue weighted by atomic mass is 10.1. The van der Waals surface area contributed by atoms with Gasteiger partial charge in [0.1, 0.15) is 0 Å². The van der Waals surface area contributed by atoms with E-state index in [1.807, 2.05) is 24.3 Å². The van der Waals surface area contributed by atoms with Crippen LogP contribution in [-0.2, 0) is 0 Å². The summed E-state index contributed by atoms with van der Waals surface area (Å²) in [4.78, 5) is 14.1. The maximum Gasteiger partial charge on any atom is 0.176 e. The number of hydrogen-bond acceptors (Lipinski definition) is 3. The second kappa shape index (κ2) is 5.76. The van der Waals surface area contributed by atoms with Crippen LogP contribution in [0.3, 0.4) is 0 Å². The molecular formula is C13H16BrNO2. The first kappa shape index (κ1) is 12.7. The predicted molar refractivity (Wildman–Crippen MR) is 70.1 cm³/mol. The van der Waals surface area contributed by atoms with Gasteiger partial charge in [-0.3, -0.25) is 9.69 Å². The van der Waals surface area contributed by atoms with Crippen molar-refractivity contribution in [1.82, 2.24) is 4.90 Å². The molecule has 17 heavy (non-hydrogen) atoms. The molecule has 1 atom stereocenters. The Kier molecular flexibility index (Phi) is 4.31. The van der Waals surface area contributed by atoms with E-state index in [2.05, 4.69) is 20.8 Å². The summed E-state index contributed by atoms with van der Waals surface area (Å²) in [7, 11) is 0. The molecule has 1 heterocycles. The first-order chi connectivity index (χ1) is 8.19. The van der Waals surface area contributed by atoms with Crippen LogP contribution in [0.1, 0.15) is 16.8 Å². The minimum atomic E-state index is 0.149. The Morgan fingerprint density at radius 2 is 2.12 bits per heavy atom. The summed E-state index contributed by atoms with van der Waals surface area (Å²) in [6.07, 6.45) is 0.990. The molecule has 1 N–H and O–H groups in total. The van der Waals surface area contributed by atoms with Crippen molar-refractivity contribution >= 4 is 21.7 Å². The predicted octanol–water partition coefficient (Wildman–Crippen LogP) is 1.95.